The lowest BCUT2D eigenvalue weighted by atomic mass is 9.99. The zero-order valence-corrected chi connectivity index (χ0v) is 13.6. The van der Waals surface area contributed by atoms with Crippen molar-refractivity contribution in [3.05, 3.63) is 48.3 Å². The molecule has 24 heavy (non-hydrogen) atoms. The molecule has 2 bridgehead atoms. The van der Waals surface area contributed by atoms with Crippen LogP contribution in [0.1, 0.15) is 41.9 Å². The van der Waals surface area contributed by atoms with Gasteiger partial charge in [0.05, 0.1) is 18.1 Å². The highest BCUT2D eigenvalue weighted by atomic mass is 16.5. The third kappa shape index (κ3) is 2.84. The van der Waals surface area contributed by atoms with Crippen LogP contribution >= 0.6 is 0 Å². The third-order valence-electron chi connectivity index (χ3n) is 4.86. The number of ether oxygens (including phenoxy) is 1. The van der Waals surface area contributed by atoms with E-state index >= 15 is 0 Å². The molecule has 6 nitrogen and oxygen atoms in total. The normalized spacial score (nSPS) is 25.5. The van der Waals surface area contributed by atoms with Crippen LogP contribution in [0, 0.1) is 6.92 Å². The number of hydrogen-bond acceptors (Lipinski definition) is 5. The average Bonchev–Trinajstić information content (AvgIpc) is 2.87. The molecular weight excluding hydrogens is 304 g/mol. The molecule has 2 saturated heterocycles. The van der Waals surface area contributed by atoms with Crippen LogP contribution in [0.4, 0.5) is 0 Å². The third-order valence-corrected chi connectivity index (χ3v) is 4.86. The quantitative estimate of drug-likeness (QED) is 0.867. The Labute approximate surface area is 140 Å². The maximum atomic E-state index is 12.8. The van der Waals surface area contributed by atoms with Crippen LogP contribution in [-0.2, 0) is 0 Å². The summed E-state index contributed by atoms with van der Waals surface area (Å²) < 4.78 is 6.06. The minimum Gasteiger partial charge on any atom is -0.489 e. The number of fused-ring (bicyclic) bond motifs is 2. The van der Waals surface area contributed by atoms with E-state index in [4.69, 9.17) is 4.74 Å². The number of aromatic nitrogens is 3. The number of pyridine rings is 1. The molecular formula is C18H20N4O2. The van der Waals surface area contributed by atoms with Crippen LogP contribution in [-0.4, -0.2) is 43.9 Å². The summed E-state index contributed by atoms with van der Waals surface area (Å²) in [5.41, 5.74) is 1.25. The smallest absolute Gasteiger partial charge is 0.274 e. The maximum absolute atomic E-state index is 12.8. The van der Waals surface area contributed by atoms with Gasteiger partial charge >= 0.3 is 0 Å². The maximum Gasteiger partial charge on any atom is 0.274 e. The predicted octanol–water partition coefficient (Wildman–Crippen LogP) is 2.39. The van der Waals surface area contributed by atoms with Gasteiger partial charge in [0, 0.05) is 37.3 Å². The van der Waals surface area contributed by atoms with E-state index in [1.807, 2.05) is 24.0 Å². The Kier molecular flexibility index (Phi) is 3.88. The first kappa shape index (κ1) is 15.1. The number of piperidine rings is 1. The van der Waals surface area contributed by atoms with Crippen molar-refractivity contribution < 1.29 is 9.53 Å². The molecule has 2 aliphatic rings. The second-order valence-electron chi connectivity index (χ2n) is 6.54. The molecule has 1 amide bonds. The van der Waals surface area contributed by atoms with E-state index in [0.717, 1.165) is 37.1 Å². The second kappa shape index (κ2) is 6.19. The number of aryl methyl sites for hydroxylation is 1. The lowest BCUT2D eigenvalue weighted by Gasteiger charge is -2.38. The summed E-state index contributed by atoms with van der Waals surface area (Å²) in [7, 11) is 0. The van der Waals surface area contributed by atoms with E-state index in [1.165, 1.54) is 0 Å². The summed E-state index contributed by atoms with van der Waals surface area (Å²) >= 11 is 0. The molecule has 6 heteroatoms. The largest absolute Gasteiger partial charge is 0.489 e. The Balaban J connectivity index is 1.47. The fourth-order valence-electron chi connectivity index (χ4n) is 3.80. The molecule has 0 aromatic carbocycles. The van der Waals surface area contributed by atoms with Gasteiger partial charge in [0.1, 0.15) is 17.5 Å². The predicted molar refractivity (Wildman–Crippen MR) is 87.6 cm³/mol. The Morgan fingerprint density at radius 3 is 2.58 bits per heavy atom. The molecule has 0 N–H and O–H groups in total. The number of hydrogen-bond donors (Lipinski definition) is 0. The van der Waals surface area contributed by atoms with Gasteiger partial charge < -0.3 is 9.64 Å². The standard InChI is InChI=1S/C18H20N4O2/c1-12-9-21-17(11-20-12)18(23)22-13-4-5-14(22)8-16(7-13)24-15-3-2-6-19-10-15/h2-3,6,9-11,13-14,16H,4-5,7-8H2,1H3/t13-,14-/m0/s1. The first-order chi connectivity index (χ1) is 11.7. The van der Waals surface area contributed by atoms with Gasteiger partial charge in [0.2, 0.25) is 0 Å². The van der Waals surface area contributed by atoms with Crippen molar-refractivity contribution in [3.63, 3.8) is 0 Å². The van der Waals surface area contributed by atoms with E-state index in [9.17, 15) is 4.79 Å². The van der Waals surface area contributed by atoms with Crippen LogP contribution in [0.15, 0.2) is 36.9 Å². The van der Waals surface area contributed by atoms with Crippen molar-refractivity contribution in [1.29, 1.82) is 0 Å². The van der Waals surface area contributed by atoms with Crippen LogP contribution in [0.25, 0.3) is 0 Å². The van der Waals surface area contributed by atoms with E-state index in [1.54, 1.807) is 24.8 Å². The van der Waals surface area contributed by atoms with E-state index in [0.29, 0.717) is 5.69 Å². The fourth-order valence-corrected chi connectivity index (χ4v) is 3.80. The molecule has 124 valence electrons. The minimum absolute atomic E-state index is 0.00479. The van der Waals surface area contributed by atoms with Gasteiger partial charge in [-0.1, -0.05) is 0 Å². The van der Waals surface area contributed by atoms with Gasteiger partial charge in [-0.2, -0.15) is 0 Å². The topological polar surface area (TPSA) is 68.2 Å². The lowest BCUT2D eigenvalue weighted by Crippen LogP contribution is -2.49. The summed E-state index contributed by atoms with van der Waals surface area (Å²) in [6.45, 7) is 1.87. The zero-order chi connectivity index (χ0) is 16.5. The van der Waals surface area contributed by atoms with Crippen molar-refractivity contribution in [1.82, 2.24) is 19.9 Å². The highest BCUT2D eigenvalue weighted by Crippen LogP contribution is 2.38. The van der Waals surface area contributed by atoms with Crippen molar-refractivity contribution in [2.24, 2.45) is 0 Å². The van der Waals surface area contributed by atoms with Crippen molar-refractivity contribution in [3.8, 4) is 5.75 Å². The molecule has 0 aliphatic carbocycles. The van der Waals surface area contributed by atoms with Gasteiger partial charge in [0.15, 0.2) is 0 Å². The number of nitrogens with zero attached hydrogens (tertiary/aromatic N) is 4. The van der Waals surface area contributed by atoms with Gasteiger partial charge in [-0.05, 0) is 31.9 Å². The molecule has 2 fully saturated rings. The van der Waals surface area contributed by atoms with Gasteiger partial charge in [0.25, 0.3) is 5.91 Å². The molecule has 0 radical (unpaired) electrons. The van der Waals surface area contributed by atoms with Gasteiger partial charge in [-0.3, -0.25) is 14.8 Å². The summed E-state index contributed by atoms with van der Waals surface area (Å²) in [5.74, 6) is 0.793. The monoisotopic (exact) mass is 324 g/mol. The molecule has 2 aromatic heterocycles. The molecule has 2 aliphatic heterocycles. The van der Waals surface area contributed by atoms with E-state index in [2.05, 4.69) is 15.0 Å². The Hall–Kier alpha value is -2.50. The van der Waals surface area contributed by atoms with E-state index in [-0.39, 0.29) is 24.1 Å². The molecule has 0 saturated carbocycles. The summed E-state index contributed by atoms with van der Waals surface area (Å²) in [6.07, 6.45) is 10.6. The SMILES string of the molecule is Cc1cnc(C(=O)N2[C@H]3CC[C@H]2CC(Oc2cccnc2)C3)cn1. The van der Waals surface area contributed by atoms with Gasteiger partial charge in [-0.15, -0.1) is 0 Å². The highest BCUT2D eigenvalue weighted by Gasteiger charge is 2.44. The molecule has 4 heterocycles. The lowest BCUT2D eigenvalue weighted by molar-refractivity contribution is 0.0353. The summed E-state index contributed by atoms with van der Waals surface area (Å²) in [4.78, 5) is 27.3. The van der Waals surface area contributed by atoms with E-state index < -0.39 is 0 Å². The Morgan fingerprint density at radius 2 is 1.96 bits per heavy atom. The summed E-state index contributed by atoms with van der Waals surface area (Å²) in [6, 6.07) is 4.24. The molecule has 0 unspecified atom stereocenters. The Bertz CT molecular complexity index is 706. The number of amides is 1. The second-order valence-corrected chi connectivity index (χ2v) is 6.54. The van der Waals surface area contributed by atoms with Crippen LogP contribution in [0.2, 0.25) is 0 Å². The Morgan fingerprint density at radius 1 is 1.17 bits per heavy atom. The molecule has 2 atom stereocenters. The average molecular weight is 324 g/mol. The summed E-state index contributed by atoms with van der Waals surface area (Å²) in [5, 5.41) is 0. The zero-order valence-electron chi connectivity index (χ0n) is 13.6. The number of carbonyl (C=O) groups is 1. The van der Waals surface area contributed by atoms with Crippen LogP contribution < -0.4 is 4.74 Å². The van der Waals surface area contributed by atoms with Crippen molar-refractivity contribution in [2.45, 2.75) is 50.8 Å². The van der Waals surface area contributed by atoms with Crippen LogP contribution in [0.3, 0.4) is 0 Å². The van der Waals surface area contributed by atoms with Crippen molar-refractivity contribution in [2.75, 3.05) is 0 Å². The minimum atomic E-state index is -0.00479. The van der Waals surface area contributed by atoms with Gasteiger partial charge in [-0.25, -0.2) is 4.98 Å². The molecule has 2 aromatic rings. The van der Waals surface area contributed by atoms with Crippen LogP contribution in [0.5, 0.6) is 5.75 Å². The highest BCUT2D eigenvalue weighted by molar-refractivity contribution is 5.92. The fraction of sp³-hybridized carbons (Fsp3) is 0.444. The first-order valence-corrected chi connectivity index (χ1v) is 8.38. The number of carbonyl (C=O) groups excluding carboxylic acids is 1. The number of rotatable bonds is 3. The van der Waals surface area contributed by atoms with Crippen molar-refractivity contribution >= 4 is 5.91 Å². The molecule has 4 rings (SSSR count). The molecule has 0 spiro atoms. The first-order valence-electron chi connectivity index (χ1n) is 8.38.